The Morgan fingerprint density at radius 3 is 2.92 bits per heavy atom. The third-order valence-electron chi connectivity index (χ3n) is 2.81. The number of hydrogen-bond acceptors (Lipinski definition) is 2. The van der Waals surface area contributed by atoms with Gasteiger partial charge in [0, 0.05) is 13.0 Å². The van der Waals surface area contributed by atoms with Gasteiger partial charge in [-0.3, -0.25) is 0 Å². The molecule has 1 saturated heterocycles. The summed E-state index contributed by atoms with van der Waals surface area (Å²) >= 11 is 0. The minimum absolute atomic E-state index is 0.342. The predicted octanol–water partition coefficient (Wildman–Crippen LogP) is 2.09. The first-order chi connectivity index (χ1) is 6.22. The first kappa shape index (κ1) is 10.7. The molecule has 1 fully saturated rings. The van der Waals surface area contributed by atoms with E-state index in [1.807, 2.05) is 0 Å². The predicted molar refractivity (Wildman–Crippen MR) is 54.8 cm³/mol. The Hall–Kier alpha value is -0.370. The molecule has 0 spiro atoms. The Balaban J connectivity index is 2.13. The van der Waals surface area contributed by atoms with Gasteiger partial charge in [0.25, 0.3) is 0 Å². The zero-order valence-corrected chi connectivity index (χ0v) is 8.88. The van der Waals surface area contributed by atoms with E-state index in [1.54, 1.807) is 6.92 Å². The monoisotopic (exact) mass is 183 g/mol. The molecule has 0 bridgehead atoms. The smallest absolute Gasteiger partial charge is 0.129 e. The Labute approximate surface area is 81.3 Å². The molecule has 0 amide bonds. The van der Waals surface area contributed by atoms with Crippen LogP contribution in [0.1, 0.15) is 39.5 Å². The molecule has 1 unspecified atom stereocenters. The van der Waals surface area contributed by atoms with Gasteiger partial charge in [0.15, 0.2) is 0 Å². The van der Waals surface area contributed by atoms with Gasteiger partial charge in [-0.05, 0) is 45.2 Å². The third-order valence-corrected chi connectivity index (χ3v) is 2.81. The average Bonchev–Trinajstić information content (AvgIpc) is 2.50. The van der Waals surface area contributed by atoms with Crippen LogP contribution >= 0.6 is 0 Å². The summed E-state index contributed by atoms with van der Waals surface area (Å²) in [4.78, 5) is 13.3. The van der Waals surface area contributed by atoms with E-state index in [0.29, 0.717) is 5.78 Å². The lowest BCUT2D eigenvalue weighted by molar-refractivity contribution is -0.117. The quantitative estimate of drug-likeness (QED) is 0.650. The zero-order chi connectivity index (χ0) is 9.68. The van der Waals surface area contributed by atoms with Crippen LogP contribution in [0.25, 0.3) is 0 Å². The van der Waals surface area contributed by atoms with Crippen molar-refractivity contribution in [1.29, 1.82) is 0 Å². The number of carbonyl (C=O) groups excluding carboxylic acids is 1. The van der Waals surface area contributed by atoms with Crippen LogP contribution in [-0.2, 0) is 4.79 Å². The lowest BCUT2D eigenvalue weighted by atomic mass is 10.0. The van der Waals surface area contributed by atoms with Crippen molar-refractivity contribution in [2.45, 2.75) is 39.5 Å². The van der Waals surface area contributed by atoms with E-state index in [0.717, 1.165) is 18.8 Å². The fraction of sp³-hybridized carbons (Fsp3) is 0.909. The van der Waals surface area contributed by atoms with Crippen molar-refractivity contribution in [3.63, 3.8) is 0 Å². The summed E-state index contributed by atoms with van der Waals surface area (Å²) in [5, 5.41) is 0. The number of rotatable bonds is 5. The molecule has 1 heterocycles. The number of hydrogen-bond donors (Lipinski definition) is 0. The summed E-state index contributed by atoms with van der Waals surface area (Å²) in [7, 11) is 0. The molecule has 0 radical (unpaired) electrons. The van der Waals surface area contributed by atoms with Crippen molar-refractivity contribution in [3.8, 4) is 0 Å². The molecular weight excluding hydrogens is 162 g/mol. The first-order valence-electron chi connectivity index (χ1n) is 5.44. The van der Waals surface area contributed by atoms with Gasteiger partial charge in [-0.2, -0.15) is 0 Å². The maximum Gasteiger partial charge on any atom is 0.129 e. The highest BCUT2D eigenvalue weighted by Gasteiger charge is 2.21. The topological polar surface area (TPSA) is 20.3 Å². The standard InChI is InChI=1S/C11H21NO/c1-3-7-12-8-6-11(9-12)5-4-10(2)13/h11H,3-9H2,1-2H3. The molecule has 0 aromatic carbocycles. The molecule has 1 aliphatic rings. The molecule has 0 saturated carbocycles. The molecule has 0 N–H and O–H groups in total. The Kier molecular flexibility index (Phi) is 4.43. The highest BCUT2D eigenvalue weighted by Crippen LogP contribution is 2.20. The van der Waals surface area contributed by atoms with Crippen LogP contribution in [0.15, 0.2) is 0 Å². The lowest BCUT2D eigenvalue weighted by Gasteiger charge is -2.13. The minimum atomic E-state index is 0.342. The second-order valence-electron chi connectivity index (χ2n) is 4.20. The molecule has 2 heteroatoms. The molecule has 1 aliphatic heterocycles. The summed E-state index contributed by atoms with van der Waals surface area (Å²) < 4.78 is 0. The SMILES string of the molecule is CCCN1CCC(CCC(C)=O)C1. The molecule has 76 valence electrons. The summed E-state index contributed by atoms with van der Waals surface area (Å²) in [6, 6.07) is 0. The van der Waals surface area contributed by atoms with Crippen LogP contribution < -0.4 is 0 Å². The molecule has 0 aliphatic carbocycles. The number of likely N-dealkylation sites (tertiary alicyclic amines) is 1. The van der Waals surface area contributed by atoms with Gasteiger partial charge in [0.2, 0.25) is 0 Å². The molecule has 2 nitrogen and oxygen atoms in total. The summed E-state index contributed by atoms with van der Waals surface area (Å²) in [5.41, 5.74) is 0. The van der Waals surface area contributed by atoms with E-state index in [9.17, 15) is 4.79 Å². The Bertz CT molecular complexity index is 167. The van der Waals surface area contributed by atoms with E-state index in [2.05, 4.69) is 11.8 Å². The number of carbonyl (C=O) groups is 1. The van der Waals surface area contributed by atoms with E-state index in [4.69, 9.17) is 0 Å². The zero-order valence-electron chi connectivity index (χ0n) is 8.88. The second-order valence-corrected chi connectivity index (χ2v) is 4.20. The minimum Gasteiger partial charge on any atom is -0.303 e. The fourth-order valence-corrected chi connectivity index (χ4v) is 2.08. The number of Topliss-reactive ketones (excluding diaryl/α,β-unsaturated/α-hetero) is 1. The van der Waals surface area contributed by atoms with Gasteiger partial charge in [0.05, 0.1) is 0 Å². The van der Waals surface area contributed by atoms with Crippen molar-refractivity contribution >= 4 is 5.78 Å². The molecule has 0 aromatic rings. The van der Waals surface area contributed by atoms with E-state index < -0.39 is 0 Å². The first-order valence-corrected chi connectivity index (χ1v) is 5.44. The number of ketones is 1. The van der Waals surface area contributed by atoms with Crippen LogP contribution in [0.2, 0.25) is 0 Å². The number of nitrogens with zero attached hydrogens (tertiary/aromatic N) is 1. The van der Waals surface area contributed by atoms with Crippen molar-refractivity contribution in [2.75, 3.05) is 19.6 Å². The van der Waals surface area contributed by atoms with Gasteiger partial charge in [-0.25, -0.2) is 0 Å². The summed E-state index contributed by atoms with van der Waals surface area (Å²) in [6.07, 6.45) is 4.44. The maximum absolute atomic E-state index is 10.8. The van der Waals surface area contributed by atoms with E-state index in [1.165, 1.54) is 32.5 Å². The molecule has 13 heavy (non-hydrogen) atoms. The van der Waals surface area contributed by atoms with Gasteiger partial charge in [0.1, 0.15) is 5.78 Å². The highest BCUT2D eigenvalue weighted by molar-refractivity contribution is 5.75. The normalized spacial score (nSPS) is 23.7. The van der Waals surface area contributed by atoms with Crippen LogP contribution in [-0.4, -0.2) is 30.3 Å². The molecule has 0 aromatic heterocycles. The molecule has 1 atom stereocenters. The van der Waals surface area contributed by atoms with Gasteiger partial charge in [-0.15, -0.1) is 0 Å². The van der Waals surface area contributed by atoms with Crippen LogP contribution in [0, 0.1) is 5.92 Å². The van der Waals surface area contributed by atoms with Crippen LogP contribution in [0.3, 0.4) is 0 Å². The van der Waals surface area contributed by atoms with E-state index in [-0.39, 0.29) is 0 Å². The Morgan fingerprint density at radius 1 is 1.54 bits per heavy atom. The van der Waals surface area contributed by atoms with Gasteiger partial charge >= 0.3 is 0 Å². The van der Waals surface area contributed by atoms with Gasteiger partial charge < -0.3 is 9.69 Å². The van der Waals surface area contributed by atoms with Crippen molar-refractivity contribution in [2.24, 2.45) is 5.92 Å². The molecule has 1 rings (SSSR count). The second kappa shape index (κ2) is 5.38. The average molecular weight is 183 g/mol. The highest BCUT2D eigenvalue weighted by atomic mass is 16.1. The van der Waals surface area contributed by atoms with E-state index >= 15 is 0 Å². The Morgan fingerprint density at radius 2 is 2.31 bits per heavy atom. The molecular formula is C11H21NO. The summed E-state index contributed by atoms with van der Waals surface area (Å²) in [5.74, 6) is 1.13. The lowest BCUT2D eigenvalue weighted by Crippen LogP contribution is -2.21. The van der Waals surface area contributed by atoms with Crippen LogP contribution in [0.5, 0.6) is 0 Å². The van der Waals surface area contributed by atoms with Crippen molar-refractivity contribution in [3.05, 3.63) is 0 Å². The maximum atomic E-state index is 10.8. The fourth-order valence-electron chi connectivity index (χ4n) is 2.08. The third kappa shape index (κ3) is 3.90. The van der Waals surface area contributed by atoms with Crippen LogP contribution in [0.4, 0.5) is 0 Å². The summed E-state index contributed by atoms with van der Waals surface area (Å²) in [6.45, 7) is 7.62. The van der Waals surface area contributed by atoms with Crippen molar-refractivity contribution < 1.29 is 4.79 Å². The van der Waals surface area contributed by atoms with Gasteiger partial charge in [-0.1, -0.05) is 6.92 Å². The largest absolute Gasteiger partial charge is 0.303 e. The van der Waals surface area contributed by atoms with Crippen molar-refractivity contribution in [1.82, 2.24) is 4.90 Å².